The van der Waals surface area contributed by atoms with Crippen molar-refractivity contribution in [2.75, 3.05) is 10.6 Å². The van der Waals surface area contributed by atoms with Crippen molar-refractivity contribution in [3.8, 4) is 0 Å². The summed E-state index contributed by atoms with van der Waals surface area (Å²) in [5, 5.41) is 5.08. The standard InChI is InChI=1S/C15H14ClN3O2/c1-9-5-6-11(8-10(9)2)18-14(20)15(21)19-12-4-3-7-17-13(12)16/h3-8H,1-2H3,(H,18,20)(H,19,21). The molecule has 108 valence electrons. The third-order valence-electron chi connectivity index (χ3n) is 2.98. The SMILES string of the molecule is Cc1ccc(NC(=O)C(=O)Nc2cccnc2Cl)cc1C. The highest BCUT2D eigenvalue weighted by Crippen LogP contribution is 2.18. The van der Waals surface area contributed by atoms with Crippen LogP contribution in [0, 0.1) is 13.8 Å². The van der Waals surface area contributed by atoms with Crippen molar-refractivity contribution in [2.45, 2.75) is 13.8 Å². The summed E-state index contributed by atoms with van der Waals surface area (Å²) in [6, 6.07) is 8.60. The predicted molar refractivity (Wildman–Crippen MR) is 82.4 cm³/mol. The number of amides is 2. The van der Waals surface area contributed by atoms with Gasteiger partial charge in [-0.2, -0.15) is 0 Å². The smallest absolute Gasteiger partial charge is 0.314 e. The molecule has 2 aromatic rings. The molecule has 0 bridgehead atoms. The van der Waals surface area contributed by atoms with E-state index in [2.05, 4.69) is 15.6 Å². The number of benzene rings is 1. The molecular weight excluding hydrogens is 290 g/mol. The average molecular weight is 304 g/mol. The number of aryl methyl sites for hydroxylation is 2. The van der Waals surface area contributed by atoms with Gasteiger partial charge in [-0.3, -0.25) is 9.59 Å². The van der Waals surface area contributed by atoms with Crippen LogP contribution in [-0.2, 0) is 9.59 Å². The summed E-state index contributed by atoms with van der Waals surface area (Å²) in [6.07, 6.45) is 1.49. The van der Waals surface area contributed by atoms with E-state index in [0.29, 0.717) is 11.4 Å². The van der Waals surface area contributed by atoms with Gasteiger partial charge in [0, 0.05) is 11.9 Å². The molecule has 0 radical (unpaired) electrons. The molecular formula is C15H14ClN3O2. The lowest BCUT2D eigenvalue weighted by atomic mass is 10.1. The van der Waals surface area contributed by atoms with Crippen LogP contribution in [0.4, 0.5) is 11.4 Å². The molecule has 0 saturated heterocycles. The fraction of sp³-hybridized carbons (Fsp3) is 0.133. The zero-order chi connectivity index (χ0) is 15.4. The largest absolute Gasteiger partial charge is 0.318 e. The van der Waals surface area contributed by atoms with Gasteiger partial charge >= 0.3 is 11.8 Å². The normalized spacial score (nSPS) is 10.0. The van der Waals surface area contributed by atoms with Crippen molar-refractivity contribution < 1.29 is 9.59 Å². The molecule has 2 rings (SSSR count). The molecule has 1 aromatic heterocycles. The highest BCUT2D eigenvalue weighted by Gasteiger charge is 2.15. The van der Waals surface area contributed by atoms with Crippen LogP contribution in [0.1, 0.15) is 11.1 Å². The molecule has 0 atom stereocenters. The van der Waals surface area contributed by atoms with Crippen molar-refractivity contribution in [1.29, 1.82) is 0 Å². The molecule has 0 saturated carbocycles. The molecule has 2 N–H and O–H groups in total. The van der Waals surface area contributed by atoms with Crippen LogP contribution in [0.15, 0.2) is 36.5 Å². The fourth-order valence-electron chi connectivity index (χ4n) is 1.67. The molecule has 0 fully saturated rings. The van der Waals surface area contributed by atoms with Gasteiger partial charge in [-0.25, -0.2) is 4.98 Å². The summed E-state index contributed by atoms with van der Waals surface area (Å²) in [5.41, 5.74) is 3.00. The minimum absolute atomic E-state index is 0.129. The van der Waals surface area contributed by atoms with Crippen molar-refractivity contribution in [3.05, 3.63) is 52.8 Å². The summed E-state index contributed by atoms with van der Waals surface area (Å²) in [6.45, 7) is 3.90. The second kappa shape index (κ2) is 6.37. The van der Waals surface area contributed by atoms with Gasteiger partial charge in [-0.05, 0) is 49.2 Å². The number of pyridine rings is 1. The lowest BCUT2D eigenvalue weighted by Crippen LogP contribution is -2.29. The number of carbonyl (C=O) groups excluding carboxylic acids is 2. The first-order chi connectivity index (χ1) is 9.97. The zero-order valence-electron chi connectivity index (χ0n) is 11.6. The summed E-state index contributed by atoms with van der Waals surface area (Å²) >= 11 is 5.81. The number of rotatable bonds is 2. The Morgan fingerprint density at radius 1 is 1.05 bits per heavy atom. The molecule has 0 spiro atoms. The van der Waals surface area contributed by atoms with Crippen molar-refractivity contribution in [1.82, 2.24) is 4.98 Å². The summed E-state index contributed by atoms with van der Waals surface area (Å²) < 4.78 is 0. The quantitative estimate of drug-likeness (QED) is 0.662. The van der Waals surface area contributed by atoms with Crippen LogP contribution >= 0.6 is 11.6 Å². The first-order valence-electron chi connectivity index (χ1n) is 6.27. The Bertz CT molecular complexity index is 701. The predicted octanol–water partition coefficient (Wildman–Crippen LogP) is 2.93. The maximum atomic E-state index is 11.8. The molecule has 5 nitrogen and oxygen atoms in total. The second-order valence-corrected chi connectivity index (χ2v) is 4.91. The average Bonchev–Trinajstić information content (AvgIpc) is 2.45. The fourth-order valence-corrected chi connectivity index (χ4v) is 1.83. The third kappa shape index (κ3) is 3.79. The molecule has 1 heterocycles. The number of hydrogen-bond donors (Lipinski definition) is 2. The zero-order valence-corrected chi connectivity index (χ0v) is 12.4. The number of nitrogens with one attached hydrogen (secondary N) is 2. The number of nitrogens with zero attached hydrogens (tertiary/aromatic N) is 1. The maximum Gasteiger partial charge on any atom is 0.314 e. The van der Waals surface area contributed by atoms with Gasteiger partial charge in [-0.1, -0.05) is 17.7 Å². The van der Waals surface area contributed by atoms with Crippen molar-refractivity contribution in [2.24, 2.45) is 0 Å². The van der Waals surface area contributed by atoms with Crippen LogP contribution in [-0.4, -0.2) is 16.8 Å². The van der Waals surface area contributed by atoms with E-state index in [9.17, 15) is 9.59 Å². The lowest BCUT2D eigenvalue weighted by Gasteiger charge is -2.08. The molecule has 2 amide bonds. The summed E-state index contributed by atoms with van der Waals surface area (Å²) in [7, 11) is 0. The van der Waals surface area contributed by atoms with E-state index in [4.69, 9.17) is 11.6 Å². The van der Waals surface area contributed by atoms with E-state index >= 15 is 0 Å². The maximum absolute atomic E-state index is 11.8. The molecule has 0 unspecified atom stereocenters. The molecule has 0 aliphatic rings. The highest BCUT2D eigenvalue weighted by atomic mass is 35.5. The van der Waals surface area contributed by atoms with Gasteiger partial charge in [0.1, 0.15) is 0 Å². The Morgan fingerprint density at radius 2 is 1.76 bits per heavy atom. The van der Waals surface area contributed by atoms with Crippen LogP contribution in [0.5, 0.6) is 0 Å². The number of anilines is 2. The van der Waals surface area contributed by atoms with E-state index in [1.807, 2.05) is 19.9 Å². The molecule has 6 heteroatoms. The van der Waals surface area contributed by atoms with Gasteiger partial charge in [0.25, 0.3) is 0 Å². The van der Waals surface area contributed by atoms with E-state index in [1.54, 1.807) is 24.3 Å². The van der Waals surface area contributed by atoms with Gasteiger partial charge in [-0.15, -0.1) is 0 Å². The number of halogens is 1. The lowest BCUT2D eigenvalue weighted by molar-refractivity contribution is -0.133. The second-order valence-electron chi connectivity index (χ2n) is 4.55. The monoisotopic (exact) mass is 303 g/mol. The molecule has 1 aromatic carbocycles. The Morgan fingerprint density at radius 3 is 2.43 bits per heavy atom. The molecule has 0 aliphatic heterocycles. The van der Waals surface area contributed by atoms with Crippen molar-refractivity contribution in [3.63, 3.8) is 0 Å². The Hall–Kier alpha value is -2.40. The highest BCUT2D eigenvalue weighted by molar-refractivity contribution is 6.44. The van der Waals surface area contributed by atoms with Gasteiger partial charge < -0.3 is 10.6 Å². The summed E-state index contributed by atoms with van der Waals surface area (Å²) in [4.78, 5) is 27.5. The Balaban J connectivity index is 2.04. The minimum atomic E-state index is -0.803. The van der Waals surface area contributed by atoms with Crippen LogP contribution in [0.3, 0.4) is 0 Å². The van der Waals surface area contributed by atoms with Gasteiger partial charge in [0.05, 0.1) is 5.69 Å². The Labute approximate surface area is 127 Å². The summed E-state index contributed by atoms with van der Waals surface area (Å²) in [5.74, 6) is -1.57. The number of hydrogen-bond acceptors (Lipinski definition) is 3. The van der Waals surface area contributed by atoms with Crippen molar-refractivity contribution >= 4 is 34.8 Å². The molecule has 0 aliphatic carbocycles. The van der Waals surface area contributed by atoms with E-state index < -0.39 is 11.8 Å². The first-order valence-corrected chi connectivity index (χ1v) is 6.65. The number of aromatic nitrogens is 1. The Kier molecular flexibility index (Phi) is 4.55. The number of carbonyl (C=O) groups is 2. The third-order valence-corrected chi connectivity index (χ3v) is 3.28. The topological polar surface area (TPSA) is 71.1 Å². The van der Waals surface area contributed by atoms with Crippen LogP contribution in [0.2, 0.25) is 5.15 Å². The minimum Gasteiger partial charge on any atom is -0.318 e. The van der Waals surface area contributed by atoms with E-state index in [-0.39, 0.29) is 5.15 Å². The van der Waals surface area contributed by atoms with Gasteiger partial charge in [0.15, 0.2) is 5.15 Å². The van der Waals surface area contributed by atoms with E-state index in [1.165, 1.54) is 6.20 Å². The first kappa shape index (κ1) is 15.0. The van der Waals surface area contributed by atoms with Crippen LogP contribution in [0.25, 0.3) is 0 Å². The van der Waals surface area contributed by atoms with Gasteiger partial charge in [0.2, 0.25) is 0 Å². The van der Waals surface area contributed by atoms with Crippen LogP contribution < -0.4 is 10.6 Å². The van der Waals surface area contributed by atoms with E-state index in [0.717, 1.165) is 11.1 Å². The molecule has 21 heavy (non-hydrogen) atoms.